The van der Waals surface area contributed by atoms with Crippen LogP contribution in [0.15, 0.2) is 264 Å². The largest absolute Gasteiger partial charge is 0.310 e. The molecule has 18 rings (SSSR count). The van der Waals surface area contributed by atoms with E-state index in [2.05, 4.69) is 333 Å². The lowest BCUT2D eigenvalue weighted by atomic mass is 9.87. The number of unbranched alkanes of at least 4 members (excludes halogenated alkanes) is 6. The Labute approximate surface area is 583 Å². The van der Waals surface area contributed by atoms with E-state index in [-0.39, 0.29) is 0 Å². The average molecular weight is 1380 g/mol. The van der Waals surface area contributed by atoms with Crippen LogP contribution >= 0.6 is 31.9 Å². The van der Waals surface area contributed by atoms with Crippen LogP contribution in [-0.2, 0) is 38.5 Å². The Morgan fingerprint density at radius 1 is 0.312 bits per heavy atom. The molecule has 12 aromatic carbocycles. The molecular weight excluding hydrogens is 1300 g/mol. The van der Waals surface area contributed by atoms with Crippen molar-refractivity contribution >= 4 is 110 Å². The smallest absolute Gasteiger partial charge is 0.0542 e. The van der Waals surface area contributed by atoms with Crippen LogP contribution in [0, 0.1) is 13.8 Å². The lowest BCUT2D eigenvalue weighted by Crippen LogP contribution is -2.09. The highest BCUT2D eigenvalue weighted by Gasteiger charge is 2.23. The van der Waals surface area contributed by atoms with Gasteiger partial charge in [0.05, 0.1) is 22.1 Å². The Morgan fingerprint density at radius 2 is 0.656 bits per heavy atom. The van der Waals surface area contributed by atoms with Crippen molar-refractivity contribution in [1.29, 1.82) is 0 Å². The molecule has 4 aliphatic carbocycles. The van der Waals surface area contributed by atoms with E-state index in [1.807, 2.05) is 0 Å². The van der Waals surface area contributed by atoms with Crippen molar-refractivity contribution in [2.75, 3.05) is 9.80 Å². The number of aromatic nitrogens is 2. The van der Waals surface area contributed by atoms with Crippen molar-refractivity contribution in [3.8, 4) is 33.6 Å². The molecule has 0 radical (unpaired) electrons. The summed E-state index contributed by atoms with van der Waals surface area (Å²) in [6, 6.07) is 97.5. The zero-order chi connectivity index (χ0) is 65.2. The molecule has 0 atom stereocenters. The lowest BCUT2D eigenvalue weighted by molar-refractivity contribution is 0.667. The number of anilines is 6. The number of hydrogen-bond donors (Lipinski definition) is 0. The average Bonchev–Trinajstić information content (AvgIpc) is 1.57. The number of nitrogens with zero attached hydrogens (tertiary/aromatic N) is 4. The van der Waals surface area contributed by atoms with E-state index in [1.54, 1.807) is 0 Å². The van der Waals surface area contributed by atoms with E-state index in [1.165, 1.54) is 173 Å². The van der Waals surface area contributed by atoms with Crippen molar-refractivity contribution in [2.24, 2.45) is 0 Å². The van der Waals surface area contributed by atoms with E-state index in [0.717, 1.165) is 81.6 Å². The first kappa shape index (κ1) is 62.9. The van der Waals surface area contributed by atoms with Crippen molar-refractivity contribution in [2.45, 2.75) is 118 Å². The summed E-state index contributed by atoms with van der Waals surface area (Å²) in [5.74, 6) is 0. The van der Waals surface area contributed by atoms with Gasteiger partial charge in [-0.15, -0.1) is 0 Å². The Balaban J connectivity index is 0.806. The highest BCUT2D eigenvalue weighted by atomic mass is 79.9. The fourth-order valence-corrected chi connectivity index (χ4v) is 15.4. The maximum absolute atomic E-state index is 3.72. The molecule has 4 aliphatic rings. The van der Waals surface area contributed by atoms with Gasteiger partial charge in [0.2, 0.25) is 0 Å². The maximum atomic E-state index is 3.72. The fourth-order valence-electron chi connectivity index (χ4n) is 14.9. The predicted octanol–water partition coefficient (Wildman–Crippen LogP) is 26.4. The second-order valence-corrected chi connectivity index (χ2v) is 28.6. The normalized spacial score (nSPS) is 12.3. The van der Waals surface area contributed by atoms with Gasteiger partial charge in [-0.05, 0) is 279 Å². The Morgan fingerprint density at radius 3 is 1.03 bits per heavy atom. The molecule has 0 unspecified atom stereocenters. The second-order valence-electron chi connectivity index (χ2n) is 26.8. The molecule has 2 heterocycles. The molecule has 0 spiro atoms. The van der Waals surface area contributed by atoms with Crippen LogP contribution in [0.4, 0.5) is 34.1 Å². The highest BCUT2D eigenvalue weighted by molar-refractivity contribution is 9.10. The number of halogens is 2. The summed E-state index contributed by atoms with van der Waals surface area (Å²) < 4.78 is 7.10. The molecule has 0 aliphatic heterocycles. The first-order valence-electron chi connectivity index (χ1n) is 35.0. The van der Waals surface area contributed by atoms with Gasteiger partial charge in [-0.1, -0.05) is 192 Å². The summed E-state index contributed by atoms with van der Waals surface area (Å²) in [5, 5.41) is 4.97. The third kappa shape index (κ3) is 12.9. The first-order valence-corrected chi connectivity index (χ1v) is 36.5. The molecule has 0 fully saturated rings. The molecule has 2 aromatic heterocycles. The maximum Gasteiger partial charge on any atom is 0.0542 e. The van der Waals surface area contributed by atoms with Crippen LogP contribution in [-0.4, -0.2) is 9.13 Å². The molecule has 14 aromatic rings. The Bertz CT molecular complexity index is 4680. The Hall–Kier alpha value is -9.20. The minimum atomic E-state index is 0.921. The van der Waals surface area contributed by atoms with Crippen molar-refractivity contribution < 1.29 is 0 Å². The van der Waals surface area contributed by atoms with Crippen LogP contribution in [0.1, 0.15) is 110 Å². The van der Waals surface area contributed by atoms with Crippen LogP contribution in [0.5, 0.6) is 0 Å². The van der Waals surface area contributed by atoms with E-state index >= 15 is 0 Å². The van der Waals surface area contributed by atoms with E-state index in [0.29, 0.717) is 0 Å². The topological polar surface area (TPSA) is 16.3 Å². The summed E-state index contributed by atoms with van der Waals surface area (Å²) in [6.45, 7) is 8.89. The number of aryl methyl sites for hydroxylation is 8. The van der Waals surface area contributed by atoms with E-state index in [9.17, 15) is 0 Å². The summed E-state index contributed by atoms with van der Waals surface area (Å²) in [7, 11) is 0. The Kier molecular flexibility index (Phi) is 18.3. The molecular formula is C90H82Br2N4. The SMILES string of the molecule is CCCCCCc1ccc(-n2c3ccc(-c4cc5ccc4CCc4ccc(c(-c6ccc7c(c6)c6cc(N(c8ccc(C)cc8)c8ccc(Br)cc8)ccc6n7-c6ccc(CCCCCC)cc6)c4)CC5)cc3c3cc(N(c4ccc(C)cc4)c4ccc(Br)cc4)ccc32)cc1. The molecule has 0 amide bonds. The molecule has 0 N–H and O–H groups in total. The van der Waals surface area contributed by atoms with Gasteiger partial charge in [0.1, 0.15) is 0 Å². The molecule has 6 heteroatoms. The third-order valence-electron chi connectivity index (χ3n) is 20.1. The molecule has 4 nitrogen and oxygen atoms in total. The van der Waals surface area contributed by atoms with Crippen LogP contribution in [0.25, 0.3) is 77.2 Å². The summed E-state index contributed by atoms with van der Waals surface area (Å²) in [6.07, 6.45) is 16.0. The lowest BCUT2D eigenvalue weighted by Gasteiger charge is -2.26. The van der Waals surface area contributed by atoms with Crippen molar-refractivity contribution in [3.05, 3.63) is 308 Å². The quantitative estimate of drug-likeness (QED) is 0.0707. The van der Waals surface area contributed by atoms with Gasteiger partial charge in [0, 0.05) is 76.0 Å². The zero-order valence-electron chi connectivity index (χ0n) is 55.7. The minimum Gasteiger partial charge on any atom is -0.310 e. The fraction of sp³-hybridized carbons (Fsp3) is 0.200. The van der Waals surface area contributed by atoms with Gasteiger partial charge in [-0.2, -0.15) is 0 Å². The molecule has 0 saturated carbocycles. The van der Waals surface area contributed by atoms with E-state index in [4.69, 9.17) is 0 Å². The van der Waals surface area contributed by atoms with E-state index < -0.39 is 0 Å². The molecule has 476 valence electrons. The van der Waals surface area contributed by atoms with Crippen LogP contribution in [0.2, 0.25) is 0 Å². The molecule has 96 heavy (non-hydrogen) atoms. The van der Waals surface area contributed by atoms with Crippen LogP contribution < -0.4 is 9.80 Å². The number of fused-ring (bicyclic) bond motifs is 6. The van der Waals surface area contributed by atoms with Gasteiger partial charge >= 0.3 is 0 Å². The monoisotopic (exact) mass is 1380 g/mol. The summed E-state index contributed by atoms with van der Waals surface area (Å²) >= 11 is 7.44. The van der Waals surface area contributed by atoms with Gasteiger partial charge < -0.3 is 18.9 Å². The van der Waals surface area contributed by atoms with Gasteiger partial charge in [0.25, 0.3) is 0 Å². The number of benzene rings is 12. The van der Waals surface area contributed by atoms with Crippen molar-refractivity contribution in [3.63, 3.8) is 0 Å². The molecule has 0 saturated heterocycles. The predicted molar refractivity (Wildman–Crippen MR) is 417 cm³/mol. The summed E-state index contributed by atoms with van der Waals surface area (Å²) in [4.78, 5) is 4.79. The summed E-state index contributed by atoms with van der Waals surface area (Å²) in [5.41, 5.74) is 29.8. The second kappa shape index (κ2) is 27.9. The van der Waals surface area contributed by atoms with Crippen molar-refractivity contribution in [1.82, 2.24) is 9.13 Å². The number of rotatable bonds is 20. The van der Waals surface area contributed by atoms with Gasteiger partial charge in [-0.3, -0.25) is 0 Å². The van der Waals surface area contributed by atoms with Gasteiger partial charge in [0.15, 0.2) is 0 Å². The highest BCUT2D eigenvalue weighted by Crippen LogP contribution is 2.45. The first-order chi connectivity index (χ1) is 47.1. The standard InChI is InChI=1S/C90H82Br2N4/c1-5-7-9-11-13-63-23-41-77(42-24-63)95-87-51-31-69(57-83(87)85-59-79(49-53-89(85)95)93(73-37-15-61(3)16-38-73)75-45-33-71(91)34-46-75)81-55-65-19-27-67(81)29-21-66-20-28-68(30-22-65)82(56-66)70-32-52-88-84(58-70)86-60-80(94(74-39-17-62(4)18-40-74)76-47-35-72(92)36-48-76)50-54-90(86)96(88)78-43-25-64(26-44-78)14-12-10-8-6-2/h15-20,23-28,31-60H,5-14,21-22,29-30H2,1-4H3. The zero-order valence-corrected chi connectivity index (χ0v) is 58.9. The molecule has 4 bridgehead atoms. The number of hydrogen-bond acceptors (Lipinski definition) is 2. The minimum absolute atomic E-state index is 0.921. The van der Waals surface area contributed by atoms with Gasteiger partial charge in [-0.25, -0.2) is 0 Å². The van der Waals surface area contributed by atoms with Crippen LogP contribution in [0.3, 0.4) is 0 Å². The third-order valence-corrected chi connectivity index (χ3v) is 21.2.